The van der Waals surface area contributed by atoms with Crippen molar-refractivity contribution in [2.75, 3.05) is 42.9 Å². The highest BCUT2D eigenvalue weighted by Gasteiger charge is 2.18. The molecule has 0 radical (unpaired) electrons. The van der Waals surface area contributed by atoms with Gasteiger partial charge < -0.3 is 20.1 Å². The summed E-state index contributed by atoms with van der Waals surface area (Å²) < 4.78 is 0. The van der Waals surface area contributed by atoms with Gasteiger partial charge in [0.1, 0.15) is 0 Å². The molecule has 0 bridgehead atoms. The van der Waals surface area contributed by atoms with Gasteiger partial charge in [0.25, 0.3) is 5.69 Å². The Bertz CT molecular complexity index is 1020. The van der Waals surface area contributed by atoms with E-state index >= 15 is 0 Å². The monoisotopic (exact) mass is 408 g/mol. The van der Waals surface area contributed by atoms with E-state index in [-0.39, 0.29) is 11.6 Å². The smallest absolute Gasteiger partial charge is 0.271 e. The maximum atomic E-state index is 12.3. The fraction of sp³-hybridized carbons (Fsp3) is 0.333. The number of hydrogen-bond donors (Lipinski definition) is 2. The minimum absolute atomic E-state index is 0.0361. The van der Waals surface area contributed by atoms with E-state index in [9.17, 15) is 14.9 Å². The number of nitrogens with zero attached hydrogens (tertiary/aromatic N) is 4. The molecular formula is C21H24N6O3. The minimum Gasteiger partial charge on any atom is -0.341 e. The summed E-state index contributed by atoms with van der Waals surface area (Å²) in [5.74, 6) is 0.746. The van der Waals surface area contributed by atoms with Gasteiger partial charge in [-0.05, 0) is 31.2 Å². The number of nitrogens with one attached hydrogen (secondary N) is 2. The number of benzene rings is 2. The third-order valence-corrected chi connectivity index (χ3v) is 5.26. The van der Waals surface area contributed by atoms with Crippen molar-refractivity contribution in [1.29, 1.82) is 0 Å². The number of carbonyl (C=O) groups excluding carboxylic acids is 1. The molecule has 0 aliphatic carbocycles. The van der Waals surface area contributed by atoms with E-state index in [1.165, 1.54) is 12.1 Å². The van der Waals surface area contributed by atoms with Crippen molar-refractivity contribution >= 4 is 34.3 Å². The van der Waals surface area contributed by atoms with Crippen molar-refractivity contribution < 1.29 is 9.72 Å². The normalized spacial score (nSPS) is 15.1. The molecule has 0 atom stereocenters. The zero-order valence-electron chi connectivity index (χ0n) is 16.6. The summed E-state index contributed by atoms with van der Waals surface area (Å²) in [6, 6.07) is 14.0. The zero-order valence-corrected chi connectivity index (χ0v) is 16.6. The van der Waals surface area contributed by atoms with E-state index in [1.807, 2.05) is 24.3 Å². The average molecular weight is 408 g/mol. The first-order valence-electron chi connectivity index (χ1n) is 10.0. The third kappa shape index (κ3) is 4.74. The number of anilines is 2. The molecule has 1 aliphatic heterocycles. The molecule has 156 valence electrons. The van der Waals surface area contributed by atoms with Gasteiger partial charge in [0, 0.05) is 50.4 Å². The molecule has 3 aromatic rings. The van der Waals surface area contributed by atoms with Gasteiger partial charge in [-0.25, -0.2) is 4.98 Å². The summed E-state index contributed by atoms with van der Waals surface area (Å²) in [6.07, 6.45) is 1.33. The van der Waals surface area contributed by atoms with Crippen molar-refractivity contribution in [2.45, 2.75) is 12.8 Å². The number of aromatic nitrogens is 2. The fourth-order valence-corrected chi connectivity index (χ4v) is 3.68. The van der Waals surface area contributed by atoms with Crippen LogP contribution in [0.1, 0.15) is 12.8 Å². The van der Waals surface area contributed by atoms with E-state index in [4.69, 9.17) is 0 Å². The van der Waals surface area contributed by atoms with Crippen LogP contribution >= 0.6 is 0 Å². The van der Waals surface area contributed by atoms with Crippen LogP contribution in [0.2, 0.25) is 0 Å². The van der Waals surface area contributed by atoms with Crippen molar-refractivity contribution in [3.8, 4) is 0 Å². The SMILES string of the molecule is O=C(CCN1CCCN(c2nc3ccccc3[nH]2)CC1)Nc1cccc([N+](=O)[O-])c1. The molecule has 9 heteroatoms. The predicted molar refractivity (Wildman–Crippen MR) is 116 cm³/mol. The van der Waals surface area contributed by atoms with Crippen LogP contribution < -0.4 is 10.2 Å². The van der Waals surface area contributed by atoms with Gasteiger partial charge in [-0.15, -0.1) is 0 Å². The standard InChI is InChI=1S/C21H24N6O3/c28-20(22-16-5-3-6-17(15-16)27(29)30)9-12-25-10-4-11-26(14-13-25)21-23-18-7-1-2-8-19(18)24-21/h1-3,5-8,15H,4,9-14H2,(H,22,28)(H,23,24). The minimum atomic E-state index is -0.472. The number of nitro benzene ring substituents is 1. The number of carbonyl (C=O) groups is 1. The van der Waals surface area contributed by atoms with Crippen LogP contribution in [0.3, 0.4) is 0 Å². The molecule has 1 aromatic heterocycles. The number of non-ortho nitro benzene ring substituents is 1. The van der Waals surface area contributed by atoms with Gasteiger partial charge in [-0.3, -0.25) is 14.9 Å². The van der Waals surface area contributed by atoms with Crippen molar-refractivity contribution in [3.05, 3.63) is 58.6 Å². The topological polar surface area (TPSA) is 107 Å². The van der Waals surface area contributed by atoms with Crippen LogP contribution in [0, 0.1) is 10.1 Å². The number of para-hydroxylation sites is 2. The Morgan fingerprint density at radius 3 is 2.83 bits per heavy atom. The first-order valence-corrected chi connectivity index (χ1v) is 10.0. The molecular weight excluding hydrogens is 384 g/mol. The molecule has 4 rings (SSSR count). The van der Waals surface area contributed by atoms with Crippen LogP contribution in [-0.4, -0.2) is 58.4 Å². The van der Waals surface area contributed by atoms with E-state index in [0.717, 1.165) is 49.6 Å². The Hall–Kier alpha value is -3.46. The molecule has 0 saturated carbocycles. The molecule has 2 aromatic carbocycles. The summed E-state index contributed by atoms with van der Waals surface area (Å²) in [7, 11) is 0. The zero-order chi connectivity index (χ0) is 20.9. The lowest BCUT2D eigenvalue weighted by Gasteiger charge is -2.21. The van der Waals surface area contributed by atoms with Crippen LogP contribution in [0.4, 0.5) is 17.3 Å². The third-order valence-electron chi connectivity index (χ3n) is 5.26. The largest absolute Gasteiger partial charge is 0.341 e. The molecule has 0 unspecified atom stereocenters. The molecule has 1 amide bonds. The number of amides is 1. The van der Waals surface area contributed by atoms with E-state index in [0.29, 0.717) is 18.7 Å². The summed E-state index contributed by atoms with van der Waals surface area (Å²) in [5.41, 5.74) is 2.41. The summed E-state index contributed by atoms with van der Waals surface area (Å²) in [6.45, 7) is 4.17. The molecule has 0 spiro atoms. The molecule has 2 heterocycles. The maximum Gasteiger partial charge on any atom is 0.271 e. The number of fused-ring (bicyclic) bond motifs is 1. The highest BCUT2D eigenvalue weighted by atomic mass is 16.6. The second kappa shape index (κ2) is 8.91. The van der Waals surface area contributed by atoms with Crippen molar-refractivity contribution in [1.82, 2.24) is 14.9 Å². The lowest BCUT2D eigenvalue weighted by molar-refractivity contribution is -0.384. The number of hydrogen-bond acceptors (Lipinski definition) is 6. The molecule has 9 nitrogen and oxygen atoms in total. The molecule has 1 fully saturated rings. The maximum absolute atomic E-state index is 12.3. The number of rotatable bonds is 6. The number of aromatic amines is 1. The van der Waals surface area contributed by atoms with Gasteiger partial charge in [0.05, 0.1) is 16.0 Å². The Labute approximate surface area is 173 Å². The highest BCUT2D eigenvalue weighted by molar-refractivity contribution is 5.91. The first kappa shape index (κ1) is 19.8. The lowest BCUT2D eigenvalue weighted by Crippen LogP contribution is -2.33. The number of H-pyrrole nitrogens is 1. The quantitative estimate of drug-likeness (QED) is 0.480. The highest BCUT2D eigenvalue weighted by Crippen LogP contribution is 2.19. The average Bonchev–Trinajstić information content (AvgIpc) is 3.03. The van der Waals surface area contributed by atoms with Crippen LogP contribution in [0.15, 0.2) is 48.5 Å². The Morgan fingerprint density at radius 1 is 1.13 bits per heavy atom. The lowest BCUT2D eigenvalue weighted by atomic mass is 10.2. The predicted octanol–water partition coefficient (Wildman–Crippen LogP) is 3.01. The Kier molecular flexibility index (Phi) is 5.89. The van der Waals surface area contributed by atoms with Gasteiger partial charge in [0.2, 0.25) is 11.9 Å². The van der Waals surface area contributed by atoms with E-state index < -0.39 is 4.92 Å². The molecule has 30 heavy (non-hydrogen) atoms. The molecule has 1 aliphatic rings. The van der Waals surface area contributed by atoms with Crippen molar-refractivity contribution in [3.63, 3.8) is 0 Å². The first-order chi connectivity index (χ1) is 14.6. The molecule has 2 N–H and O–H groups in total. The van der Waals surface area contributed by atoms with Gasteiger partial charge in [-0.2, -0.15) is 0 Å². The number of imidazole rings is 1. The Balaban J connectivity index is 1.28. The summed E-state index contributed by atoms with van der Waals surface area (Å²) in [4.78, 5) is 35.3. The van der Waals surface area contributed by atoms with Crippen LogP contribution in [0.5, 0.6) is 0 Å². The second-order valence-corrected chi connectivity index (χ2v) is 7.37. The summed E-state index contributed by atoms with van der Waals surface area (Å²) in [5, 5.41) is 13.6. The van der Waals surface area contributed by atoms with E-state index in [1.54, 1.807) is 12.1 Å². The van der Waals surface area contributed by atoms with Gasteiger partial charge in [-0.1, -0.05) is 18.2 Å². The number of nitro groups is 1. The Morgan fingerprint density at radius 2 is 2.00 bits per heavy atom. The van der Waals surface area contributed by atoms with Gasteiger partial charge in [0.15, 0.2) is 0 Å². The van der Waals surface area contributed by atoms with Gasteiger partial charge >= 0.3 is 0 Å². The summed E-state index contributed by atoms with van der Waals surface area (Å²) >= 11 is 0. The second-order valence-electron chi connectivity index (χ2n) is 7.37. The molecule has 1 saturated heterocycles. The van der Waals surface area contributed by atoms with Crippen LogP contribution in [-0.2, 0) is 4.79 Å². The van der Waals surface area contributed by atoms with E-state index in [2.05, 4.69) is 25.1 Å². The van der Waals surface area contributed by atoms with Crippen LogP contribution in [0.25, 0.3) is 11.0 Å². The fourth-order valence-electron chi connectivity index (χ4n) is 3.68. The van der Waals surface area contributed by atoms with Crippen molar-refractivity contribution in [2.24, 2.45) is 0 Å².